The molecule has 4 rings (SSSR count). The molecule has 1 aromatic carbocycles. The molecule has 20 heavy (non-hydrogen) atoms. The average Bonchev–Trinajstić information content (AvgIpc) is 3.02. The van der Waals surface area contributed by atoms with Crippen LogP contribution >= 0.6 is 0 Å². The predicted octanol–water partition coefficient (Wildman–Crippen LogP) is 2.61. The van der Waals surface area contributed by atoms with Gasteiger partial charge in [-0.2, -0.15) is 0 Å². The van der Waals surface area contributed by atoms with Crippen LogP contribution in [-0.2, 0) is 9.59 Å². The maximum absolute atomic E-state index is 12.7. The number of rotatable bonds is 1. The van der Waals surface area contributed by atoms with Gasteiger partial charge in [0.15, 0.2) is 0 Å². The smallest absolute Gasteiger partial charge is 0.238 e. The number of nitrogens with zero attached hydrogens (tertiary/aromatic N) is 1. The molecule has 0 spiro atoms. The molecule has 1 saturated carbocycles. The van der Waals surface area contributed by atoms with E-state index in [1.165, 1.54) is 4.90 Å². The van der Waals surface area contributed by atoms with Gasteiger partial charge in [0, 0.05) is 0 Å². The molecule has 1 heterocycles. The lowest BCUT2D eigenvalue weighted by Crippen LogP contribution is -2.32. The number of carbonyl (C=O) groups excluding carboxylic acids is 2. The van der Waals surface area contributed by atoms with Gasteiger partial charge in [0.05, 0.1) is 17.5 Å². The molecule has 2 amide bonds. The van der Waals surface area contributed by atoms with Crippen LogP contribution in [0.5, 0.6) is 0 Å². The molecule has 2 fully saturated rings. The van der Waals surface area contributed by atoms with Crippen molar-refractivity contribution in [1.82, 2.24) is 0 Å². The minimum atomic E-state index is -0.113. The fourth-order valence-corrected chi connectivity index (χ4v) is 4.24. The Morgan fingerprint density at radius 3 is 1.90 bits per heavy atom. The first-order valence-corrected chi connectivity index (χ1v) is 7.20. The summed E-state index contributed by atoms with van der Waals surface area (Å²) < 4.78 is 0. The van der Waals surface area contributed by atoms with Crippen LogP contribution in [0.15, 0.2) is 30.4 Å². The number of hydrogen-bond acceptors (Lipinski definition) is 2. The van der Waals surface area contributed by atoms with E-state index < -0.39 is 0 Å². The van der Waals surface area contributed by atoms with E-state index in [2.05, 4.69) is 18.2 Å². The monoisotopic (exact) mass is 267 g/mol. The van der Waals surface area contributed by atoms with Crippen molar-refractivity contribution < 1.29 is 9.59 Å². The Morgan fingerprint density at radius 1 is 0.900 bits per heavy atom. The van der Waals surface area contributed by atoms with Crippen LogP contribution in [0.1, 0.15) is 17.5 Å². The van der Waals surface area contributed by atoms with Crippen LogP contribution in [0.2, 0.25) is 0 Å². The van der Waals surface area contributed by atoms with Crippen LogP contribution < -0.4 is 4.90 Å². The third-order valence-corrected chi connectivity index (χ3v) is 4.93. The number of imide groups is 1. The van der Waals surface area contributed by atoms with Gasteiger partial charge < -0.3 is 0 Å². The van der Waals surface area contributed by atoms with Crippen molar-refractivity contribution in [3.05, 3.63) is 41.5 Å². The predicted molar refractivity (Wildman–Crippen MR) is 76.1 cm³/mol. The third kappa shape index (κ3) is 1.41. The summed E-state index contributed by atoms with van der Waals surface area (Å²) in [6.45, 7) is 3.99. The van der Waals surface area contributed by atoms with Gasteiger partial charge in [-0.25, -0.2) is 4.90 Å². The first-order valence-electron chi connectivity index (χ1n) is 7.20. The SMILES string of the molecule is Cc1cc(C)cc(N2C(=O)[C@@H]3[C@H](C2=O)[C@H]2C=C[C@@H]3C2)c1. The average molecular weight is 267 g/mol. The van der Waals surface area contributed by atoms with E-state index in [1.54, 1.807) is 0 Å². The van der Waals surface area contributed by atoms with Gasteiger partial charge in [0.1, 0.15) is 0 Å². The zero-order valence-electron chi connectivity index (χ0n) is 11.7. The number of carbonyl (C=O) groups is 2. The Morgan fingerprint density at radius 2 is 1.40 bits per heavy atom. The van der Waals surface area contributed by atoms with Crippen LogP contribution in [-0.4, -0.2) is 11.8 Å². The van der Waals surface area contributed by atoms with Crippen molar-refractivity contribution in [3.8, 4) is 0 Å². The van der Waals surface area contributed by atoms with E-state index in [0.717, 1.165) is 23.2 Å². The van der Waals surface area contributed by atoms with Crippen molar-refractivity contribution in [2.75, 3.05) is 4.90 Å². The highest BCUT2D eigenvalue weighted by Crippen LogP contribution is 2.53. The second kappa shape index (κ2) is 3.81. The molecule has 1 saturated heterocycles. The lowest BCUT2D eigenvalue weighted by Gasteiger charge is -2.18. The highest BCUT2D eigenvalue weighted by Gasteiger charge is 2.59. The van der Waals surface area contributed by atoms with Gasteiger partial charge in [0.2, 0.25) is 11.8 Å². The third-order valence-electron chi connectivity index (χ3n) is 4.93. The molecule has 3 aliphatic rings. The normalized spacial score (nSPS) is 34.2. The topological polar surface area (TPSA) is 37.4 Å². The van der Waals surface area contributed by atoms with E-state index in [0.29, 0.717) is 0 Å². The molecular formula is C17H17NO2. The lowest BCUT2D eigenvalue weighted by molar-refractivity contribution is -0.123. The number of benzene rings is 1. The zero-order valence-corrected chi connectivity index (χ0v) is 11.7. The molecule has 2 aliphatic carbocycles. The first-order chi connectivity index (χ1) is 9.56. The lowest BCUT2D eigenvalue weighted by atomic mass is 9.85. The fraction of sp³-hybridized carbons (Fsp3) is 0.412. The summed E-state index contributed by atoms with van der Waals surface area (Å²) in [5, 5.41) is 0. The second-order valence-corrected chi connectivity index (χ2v) is 6.36. The Labute approximate surface area is 118 Å². The van der Waals surface area contributed by atoms with Gasteiger partial charge >= 0.3 is 0 Å². The van der Waals surface area contributed by atoms with E-state index in [4.69, 9.17) is 0 Å². The summed E-state index contributed by atoms with van der Waals surface area (Å²) in [6.07, 6.45) is 5.23. The summed E-state index contributed by atoms with van der Waals surface area (Å²) in [7, 11) is 0. The summed E-state index contributed by atoms with van der Waals surface area (Å²) >= 11 is 0. The van der Waals surface area contributed by atoms with E-state index in [1.807, 2.05) is 26.0 Å². The van der Waals surface area contributed by atoms with Crippen molar-refractivity contribution in [2.45, 2.75) is 20.3 Å². The first kappa shape index (κ1) is 11.9. The van der Waals surface area contributed by atoms with E-state index in [9.17, 15) is 9.59 Å². The van der Waals surface area contributed by atoms with Gasteiger partial charge in [-0.15, -0.1) is 0 Å². The molecule has 2 bridgehead atoms. The van der Waals surface area contributed by atoms with Crippen molar-refractivity contribution in [1.29, 1.82) is 0 Å². The molecule has 102 valence electrons. The summed E-state index contributed by atoms with van der Waals surface area (Å²) in [5.41, 5.74) is 2.91. The van der Waals surface area contributed by atoms with Crippen molar-refractivity contribution in [2.24, 2.45) is 23.7 Å². The quantitative estimate of drug-likeness (QED) is 0.579. The second-order valence-electron chi connectivity index (χ2n) is 6.36. The van der Waals surface area contributed by atoms with E-state index >= 15 is 0 Å². The molecule has 0 unspecified atom stereocenters. The summed E-state index contributed by atoms with van der Waals surface area (Å²) in [4.78, 5) is 26.8. The van der Waals surface area contributed by atoms with Gasteiger partial charge in [-0.1, -0.05) is 18.2 Å². The minimum absolute atomic E-state index is 0.00171. The Bertz CT molecular complexity index is 611. The molecule has 1 aliphatic heterocycles. The number of anilines is 1. The maximum Gasteiger partial charge on any atom is 0.238 e. The Balaban J connectivity index is 1.78. The molecule has 4 atom stereocenters. The van der Waals surface area contributed by atoms with Crippen LogP contribution in [0, 0.1) is 37.5 Å². The molecule has 0 N–H and O–H groups in total. The van der Waals surface area contributed by atoms with Gasteiger partial charge in [-0.05, 0) is 55.4 Å². The maximum atomic E-state index is 12.7. The number of hydrogen-bond donors (Lipinski definition) is 0. The highest BCUT2D eigenvalue weighted by atomic mass is 16.2. The molecule has 0 aromatic heterocycles. The standard InChI is InChI=1S/C17H17NO2/c1-9-5-10(2)7-13(6-9)18-16(19)14-11-3-4-12(8-11)15(14)17(18)20/h3-7,11-12,14-15H,8H2,1-2H3/t11-,12+,14+,15-. The van der Waals surface area contributed by atoms with Crippen LogP contribution in [0.4, 0.5) is 5.69 Å². The molecule has 3 heteroatoms. The Hall–Kier alpha value is -1.90. The van der Waals surface area contributed by atoms with E-state index in [-0.39, 0.29) is 35.5 Å². The molecule has 0 radical (unpaired) electrons. The summed E-state index contributed by atoms with van der Waals surface area (Å²) in [5.74, 6) is 0.329. The number of allylic oxidation sites excluding steroid dienone is 2. The molecule has 3 nitrogen and oxygen atoms in total. The molecule has 1 aromatic rings. The molecular weight excluding hydrogens is 250 g/mol. The summed E-state index contributed by atoms with van der Waals surface area (Å²) in [6, 6.07) is 5.92. The van der Waals surface area contributed by atoms with Crippen LogP contribution in [0.25, 0.3) is 0 Å². The highest BCUT2D eigenvalue weighted by molar-refractivity contribution is 6.22. The van der Waals surface area contributed by atoms with Crippen molar-refractivity contribution >= 4 is 17.5 Å². The largest absolute Gasteiger partial charge is 0.274 e. The fourth-order valence-electron chi connectivity index (χ4n) is 4.24. The van der Waals surface area contributed by atoms with Gasteiger partial charge in [-0.3, -0.25) is 9.59 Å². The number of aryl methyl sites for hydroxylation is 2. The minimum Gasteiger partial charge on any atom is -0.274 e. The van der Waals surface area contributed by atoms with Gasteiger partial charge in [0.25, 0.3) is 0 Å². The number of amides is 2. The van der Waals surface area contributed by atoms with Crippen LogP contribution in [0.3, 0.4) is 0 Å². The Kier molecular flexibility index (Phi) is 2.27. The number of fused-ring (bicyclic) bond motifs is 5. The van der Waals surface area contributed by atoms with Crippen molar-refractivity contribution in [3.63, 3.8) is 0 Å². The zero-order chi connectivity index (χ0) is 14.0.